The minimum absolute atomic E-state index is 0.0379. The van der Waals surface area contributed by atoms with Crippen LogP contribution in [0.1, 0.15) is 23.1 Å². The van der Waals surface area contributed by atoms with Crippen LogP contribution in [-0.2, 0) is 17.8 Å². The molecule has 0 radical (unpaired) electrons. The van der Waals surface area contributed by atoms with Crippen LogP contribution >= 0.6 is 11.3 Å². The number of likely N-dealkylation sites (N-methyl/N-ethyl adjacent to an activating group) is 1. The fourth-order valence-corrected chi connectivity index (χ4v) is 3.41. The minimum atomic E-state index is 0.0379. The molecule has 2 aromatic carbocycles. The molecule has 124 valence electrons. The van der Waals surface area contributed by atoms with Gasteiger partial charge in [-0.2, -0.15) is 0 Å². The van der Waals surface area contributed by atoms with Crippen molar-refractivity contribution in [3.05, 3.63) is 58.6 Å². The van der Waals surface area contributed by atoms with Gasteiger partial charge in [0.1, 0.15) is 17.4 Å². The van der Waals surface area contributed by atoms with E-state index >= 15 is 0 Å². The number of carbonyl (C=O) groups excluding carboxylic acids is 1. The first-order valence-electron chi connectivity index (χ1n) is 7.98. The van der Waals surface area contributed by atoms with Crippen LogP contribution in [0.15, 0.2) is 42.5 Å². The molecular formula is C19H20N2O2S. The van der Waals surface area contributed by atoms with Crippen molar-refractivity contribution in [2.24, 2.45) is 0 Å². The highest BCUT2D eigenvalue weighted by atomic mass is 32.1. The van der Waals surface area contributed by atoms with Crippen LogP contribution < -0.4 is 10.1 Å². The number of carbonyl (C=O) groups is 1. The molecule has 0 spiro atoms. The lowest BCUT2D eigenvalue weighted by Gasteiger charge is -2.06. The number of rotatable bonds is 6. The molecule has 0 saturated heterocycles. The summed E-state index contributed by atoms with van der Waals surface area (Å²) in [4.78, 5) is 16.2. The van der Waals surface area contributed by atoms with E-state index < -0.39 is 0 Å². The molecule has 5 heteroatoms. The third kappa shape index (κ3) is 4.11. The summed E-state index contributed by atoms with van der Waals surface area (Å²) in [5, 5.41) is 3.76. The summed E-state index contributed by atoms with van der Waals surface area (Å²) in [5.74, 6) is 0.820. The number of hydrogen-bond donors (Lipinski definition) is 1. The molecule has 3 rings (SSSR count). The molecule has 0 bridgehead atoms. The summed E-state index contributed by atoms with van der Waals surface area (Å²) in [6, 6.07) is 13.9. The van der Waals surface area contributed by atoms with Crippen molar-refractivity contribution < 1.29 is 9.53 Å². The Morgan fingerprint density at radius 1 is 1.21 bits per heavy atom. The Labute approximate surface area is 145 Å². The molecule has 0 fully saturated rings. The number of benzene rings is 2. The van der Waals surface area contributed by atoms with Gasteiger partial charge in [0.05, 0.1) is 16.6 Å². The lowest BCUT2D eigenvalue weighted by atomic mass is 10.1. The standard InChI is InChI=1S/C19H20N2O2S/c1-3-20-18(22)11-14-5-7-15(8-6-14)23-12-19-21-16-9-4-13(2)10-17(16)24-19/h4-10H,3,11-12H2,1-2H3,(H,20,22). The van der Waals surface area contributed by atoms with Crippen molar-refractivity contribution in [3.8, 4) is 5.75 Å². The van der Waals surface area contributed by atoms with Gasteiger partial charge in [-0.3, -0.25) is 4.79 Å². The Hall–Kier alpha value is -2.40. The molecule has 0 aliphatic heterocycles. The fourth-order valence-electron chi connectivity index (χ4n) is 2.43. The molecule has 3 aromatic rings. The molecule has 1 N–H and O–H groups in total. The fraction of sp³-hybridized carbons (Fsp3) is 0.263. The van der Waals surface area contributed by atoms with Gasteiger partial charge in [-0.15, -0.1) is 11.3 Å². The van der Waals surface area contributed by atoms with E-state index in [1.165, 1.54) is 10.3 Å². The van der Waals surface area contributed by atoms with Crippen LogP contribution in [0.4, 0.5) is 0 Å². The quantitative estimate of drug-likeness (QED) is 0.741. The number of nitrogens with zero attached hydrogens (tertiary/aromatic N) is 1. The van der Waals surface area contributed by atoms with E-state index in [9.17, 15) is 4.79 Å². The maximum absolute atomic E-state index is 11.6. The monoisotopic (exact) mass is 340 g/mol. The number of thiazole rings is 1. The summed E-state index contributed by atoms with van der Waals surface area (Å²) in [6.45, 7) is 5.10. The zero-order chi connectivity index (χ0) is 16.9. The van der Waals surface area contributed by atoms with E-state index in [0.717, 1.165) is 21.8 Å². The third-order valence-electron chi connectivity index (χ3n) is 3.61. The molecule has 4 nitrogen and oxygen atoms in total. The summed E-state index contributed by atoms with van der Waals surface area (Å²) < 4.78 is 6.99. The number of nitrogens with one attached hydrogen (secondary N) is 1. The Morgan fingerprint density at radius 2 is 2.00 bits per heavy atom. The predicted octanol–water partition coefficient (Wildman–Crippen LogP) is 3.86. The van der Waals surface area contributed by atoms with E-state index in [2.05, 4.69) is 29.4 Å². The molecule has 1 heterocycles. The average molecular weight is 340 g/mol. The van der Waals surface area contributed by atoms with Gasteiger partial charge in [-0.1, -0.05) is 18.2 Å². The number of hydrogen-bond acceptors (Lipinski definition) is 4. The van der Waals surface area contributed by atoms with Crippen LogP contribution in [0.3, 0.4) is 0 Å². The summed E-state index contributed by atoms with van der Waals surface area (Å²) in [5.41, 5.74) is 3.23. The highest BCUT2D eigenvalue weighted by molar-refractivity contribution is 7.18. The van der Waals surface area contributed by atoms with Gasteiger partial charge in [0.25, 0.3) is 0 Å². The van der Waals surface area contributed by atoms with Gasteiger partial charge in [0.2, 0.25) is 5.91 Å². The van der Waals surface area contributed by atoms with Gasteiger partial charge in [0, 0.05) is 6.54 Å². The molecule has 24 heavy (non-hydrogen) atoms. The lowest BCUT2D eigenvalue weighted by molar-refractivity contribution is -0.120. The van der Waals surface area contributed by atoms with Crippen molar-refractivity contribution in [2.45, 2.75) is 26.9 Å². The van der Waals surface area contributed by atoms with Gasteiger partial charge in [-0.05, 0) is 49.2 Å². The van der Waals surface area contributed by atoms with Crippen LogP contribution in [0.25, 0.3) is 10.2 Å². The maximum atomic E-state index is 11.6. The van der Waals surface area contributed by atoms with Gasteiger partial charge in [0.15, 0.2) is 0 Å². The number of amides is 1. The summed E-state index contributed by atoms with van der Waals surface area (Å²) in [7, 11) is 0. The van der Waals surface area contributed by atoms with Gasteiger partial charge < -0.3 is 10.1 Å². The number of fused-ring (bicyclic) bond motifs is 1. The largest absolute Gasteiger partial charge is 0.486 e. The summed E-state index contributed by atoms with van der Waals surface area (Å²) >= 11 is 1.66. The first kappa shape index (κ1) is 16.5. The second kappa shape index (κ2) is 7.45. The topological polar surface area (TPSA) is 51.2 Å². The molecule has 0 saturated carbocycles. The summed E-state index contributed by atoms with van der Waals surface area (Å²) in [6.07, 6.45) is 0.394. The normalized spacial score (nSPS) is 10.8. The molecule has 0 atom stereocenters. The van der Waals surface area contributed by atoms with E-state index in [0.29, 0.717) is 19.6 Å². The Morgan fingerprint density at radius 3 is 2.75 bits per heavy atom. The SMILES string of the molecule is CCNC(=O)Cc1ccc(OCc2nc3ccc(C)cc3s2)cc1. The first-order valence-corrected chi connectivity index (χ1v) is 8.80. The molecule has 0 unspecified atom stereocenters. The molecule has 0 aliphatic rings. The second-order valence-electron chi connectivity index (χ2n) is 5.64. The van der Waals surface area contributed by atoms with Crippen LogP contribution in [-0.4, -0.2) is 17.4 Å². The highest BCUT2D eigenvalue weighted by Crippen LogP contribution is 2.24. The predicted molar refractivity (Wildman–Crippen MR) is 97.5 cm³/mol. The van der Waals surface area contributed by atoms with Crippen molar-refractivity contribution in [1.82, 2.24) is 10.3 Å². The van der Waals surface area contributed by atoms with Crippen LogP contribution in [0, 0.1) is 6.92 Å². The minimum Gasteiger partial charge on any atom is -0.486 e. The Bertz CT molecular complexity index is 840. The second-order valence-corrected chi connectivity index (χ2v) is 6.76. The van der Waals surface area contributed by atoms with Crippen molar-refractivity contribution >= 4 is 27.5 Å². The average Bonchev–Trinajstić information content (AvgIpc) is 2.96. The maximum Gasteiger partial charge on any atom is 0.224 e. The Kier molecular flexibility index (Phi) is 5.11. The zero-order valence-electron chi connectivity index (χ0n) is 13.8. The van der Waals surface area contributed by atoms with Crippen molar-refractivity contribution in [1.29, 1.82) is 0 Å². The van der Waals surface area contributed by atoms with Crippen LogP contribution in [0.2, 0.25) is 0 Å². The smallest absolute Gasteiger partial charge is 0.224 e. The van der Waals surface area contributed by atoms with E-state index in [1.54, 1.807) is 11.3 Å². The molecule has 0 aliphatic carbocycles. The molecular weight excluding hydrogens is 320 g/mol. The third-order valence-corrected chi connectivity index (χ3v) is 4.60. The zero-order valence-corrected chi connectivity index (χ0v) is 14.7. The van der Waals surface area contributed by atoms with Gasteiger partial charge >= 0.3 is 0 Å². The lowest BCUT2D eigenvalue weighted by Crippen LogP contribution is -2.24. The highest BCUT2D eigenvalue weighted by Gasteiger charge is 2.06. The first-order chi connectivity index (χ1) is 11.6. The van der Waals surface area contributed by atoms with E-state index in [-0.39, 0.29) is 5.91 Å². The number of aromatic nitrogens is 1. The van der Waals surface area contributed by atoms with E-state index in [1.807, 2.05) is 37.3 Å². The van der Waals surface area contributed by atoms with Gasteiger partial charge in [-0.25, -0.2) is 4.98 Å². The van der Waals surface area contributed by atoms with Crippen molar-refractivity contribution in [3.63, 3.8) is 0 Å². The molecule has 1 aromatic heterocycles. The number of aryl methyl sites for hydroxylation is 1. The van der Waals surface area contributed by atoms with Crippen molar-refractivity contribution in [2.75, 3.05) is 6.54 Å². The van der Waals surface area contributed by atoms with Crippen LogP contribution in [0.5, 0.6) is 5.75 Å². The molecule has 1 amide bonds. The van der Waals surface area contributed by atoms with E-state index in [4.69, 9.17) is 4.74 Å². The number of ether oxygens (including phenoxy) is 1. The Balaban J connectivity index is 1.60.